The molecular formula is C15H14F3NO. The van der Waals surface area contributed by atoms with E-state index in [0.717, 1.165) is 12.1 Å². The second kappa shape index (κ2) is 5.86. The van der Waals surface area contributed by atoms with E-state index < -0.39 is 17.4 Å². The maximum atomic E-state index is 13.3. The van der Waals surface area contributed by atoms with E-state index in [4.69, 9.17) is 5.11 Å². The topological polar surface area (TPSA) is 23.5 Å². The molecule has 0 unspecified atom stereocenters. The van der Waals surface area contributed by atoms with Gasteiger partial charge in [-0.05, 0) is 42.8 Å². The summed E-state index contributed by atoms with van der Waals surface area (Å²) in [5.74, 6) is -3.36. The Kier molecular flexibility index (Phi) is 4.17. The summed E-state index contributed by atoms with van der Waals surface area (Å²) in [5, 5.41) is 9.06. The number of anilines is 1. The molecule has 2 nitrogen and oxygen atoms in total. The zero-order chi connectivity index (χ0) is 14.7. The minimum absolute atomic E-state index is 0.216. The number of nitrogens with zero attached hydrogens (tertiary/aromatic N) is 1. The molecule has 0 aliphatic carbocycles. The van der Waals surface area contributed by atoms with Crippen molar-refractivity contribution in [1.82, 2.24) is 0 Å². The first kappa shape index (κ1) is 14.2. The third-order valence-electron chi connectivity index (χ3n) is 3.01. The van der Waals surface area contributed by atoms with Gasteiger partial charge in [-0.25, -0.2) is 13.2 Å². The molecule has 0 radical (unpaired) electrons. The Labute approximate surface area is 115 Å². The third kappa shape index (κ3) is 3.04. The maximum absolute atomic E-state index is 13.3. The smallest absolute Gasteiger partial charge is 0.187 e. The summed E-state index contributed by atoms with van der Waals surface area (Å²) < 4.78 is 39.8. The minimum atomic E-state index is -1.00. The van der Waals surface area contributed by atoms with Crippen molar-refractivity contribution in [3.8, 4) is 5.75 Å². The number of phenols is 1. The van der Waals surface area contributed by atoms with Gasteiger partial charge in [-0.3, -0.25) is 0 Å². The molecule has 0 aliphatic rings. The molecule has 0 saturated carbocycles. The Hall–Kier alpha value is -2.17. The van der Waals surface area contributed by atoms with Gasteiger partial charge in [-0.2, -0.15) is 0 Å². The highest BCUT2D eigenvalue weighted by molar-refractivity contribution is 5.47. The molecule has 1 N–H and O–H groups in total. The fraction of sp³-hybridized carbons (Fsp3) is 0.200. The van der Waals surface area contributed by atoms with Gasteiger partial charge in [0.05, 0.1) is 0 Å². The average Bonchev–Trinajstić information content (AvgIpc) is 2.42. The summed E-state index contributed by atoms with van der Waals surface area (Å²) in [6.07, 6.45) is 0. The SMILES string of the molecule is CCN(Cc1cc(F)c(O)c(F)c1)c1cccc(F)c1. The van der Waals surface area contributed by atoms with E-state index in [2.05, 4.69) is 0 Å². The van der Waals surface area contributed by atoms with Gasteiger partial charge in [0.1, 0.15) is 5.82 Å². The third-order valence-corrected chi connectivity index (χ3v) is 3.01. The van der Waals surface area contributed by atoms with Crippen molar-refractivity contribution in [2.75, 3.05) is 11.4 Å². The highest BCUT2D eigenvalue weighted by atomic mass is 19.1. The van der Waals surface area contributed by atoms with Gasteiger partial charge >= 0.3 is 0 Å². The van der Waals surface area contributed by atoms with Crippen molar-refractivity contribution in [3.63, 3.8) is 0 Å². The van der Waals surface area contributed by atoms with Gasteiger partial charge in [-0.15, -0.1) is 0 Å². The number of aromatic hydroxyl groups is 1. The number of hydrogen-bond acceptors (Lipinski definition) is 2. The largest absolute Gasteiger partial charge is 0.503 e. The lowest BCUT2D eigenvalue weighted by atomic mass is 10.1. The summed E-state index contributed by atoms with van der Waals surface area (Å²) in [5.41, 5.74) is 0.991. The van der Waals surface area contributed by atoms with Crippen molar-refractivity contribution < 1.29 is 18.3 Å². The maximum Gasteiger partial charge on any atom is 0.187 e. The number of halogens is 3. The van der Waals surface area contributed by atoms with Crippen molar-refractivity contribution in [1.29, 1.82) is 0 Å². The van der Waals surface area contributed by atoms with E-state index in [-0.39, 0.29) is 12.4 Å². The van der Waals surface area contributed by atoms with E-state index >= 15 is 0 Å². The standard InChI is InChI=1S/C15H14F3NO/c1-2-19(12-5-3-4-11(16)8-12)9-10-6-13(17)15(20)14(18)7-10/h3-8,20H,2,9H2,1H3. The minimum Gasteiger partial charge on any atom is -0.503 e. The van der Waals surface area contributed by atoms with Crippen LogP contribution in [0.4, 0.5) is 18.9 Å². The summed E-state index contributed by atoms with van der Waals surface area (Å²) in [6, 6.07) is 8.12. The van der Waals surface area contributed by atoms with Crippen LogP contribution in [0.2, 0.25) is 0 Å². The summed E-state index contributed by atoms with van der Waals surface area (Å²) in [7, 11) is 0. The van der Waals surface area contributed by atoms with Crippen LogP contribution in [0.5, 0.6) is 5.75 Å². The lowest BCUT2D eigenvalue weighted by molar-refractivity contribution is 0.395. The Bertz CT molecular complexity index is 593. The molecular weight excluding hydrogens is 267 g/mol. The molecule has 5 heteroatoms. The molecule has 106 valence electrons. The van der Waals surface area contributed by atoms with Crippen LogP contribution in [0, 0.1) is 17.5 Å². The summed E-state index contributed by atoms with van der Waals surface area (Å²) in [4.78, 5) is 1.77. The molecule has 0 aliphatic heterocycles. The van der Waals surface area contributed by atoms with Crippen LogP contribution in [0.15, 0.2) is 36.4 Å². The van der Waals surface area contributed by atoms with Crippen LogP contribution in [-0.4, -0.2) is 11.7 Å². The normalized spacial score (nSPS) is 10.6. The van der Waals surface area contributed by atoms with Crippen molar-refractivity contribution in [3.05, 3.63) is 59.4 Å². The first-order chi connectivity index (χ1) is 9.51. The van der Waals surface area contributed by atoms with E-state index in [1.54, 1.807) is 17.0 Å². The Morgan fingerprint density at radius 2 is 1.70 bits per heavy atom. The fourth-order valence-electron chi connectivity index (χ4n) is 1.99. The molecule has 0 amide bonds. The number of benzene rings is 2. The van der Waals surface area contributed by atoms with Gasteiger partial charge in [0.2, 0.25) is 0 Å². The van der Waals surface area contributed by atoms with Crippen molar-refractivity contribution in [2.24, 2.45) is 0 Å². The monoisotopic (exact) mass is 281 g/mol. The van der Waals surface area contributed by atoms with Crippen LogP contribution in [0.25, 0.3) is 0 Å². The van der Waals surface area contributed by atoms with E-state index in [1.807, 2.05) is 6.92 Å². The fourth-order valence-corrected chi connectivity index (χ4v) is 1.99. The molecule has 2 rings (SSSR count). The zero-order valence-electron chi connectivity index (χ0n) is 10.9. The molecule has 0 spiro atoms. The lowest BCUT2D eigenvalue weighted by Gasteiger charge is -2.23. The Morgan fingerprint density at radius 1 is 1.05 bits per heavy atom. The average molecular weight is 281 g/mol. The predicted molar refractivity (Wildman–Crippen MR) is 71.1 cm³/mol. The number of hydrogen-bond donors (Lipinski definition) is 1. The first-order valence-corrected chi connectivity index (χ1v) is 6.18. The second-order valence-corrected chi connectivity index (χ2v) is 4.40. The Morgan fingerprint density at radius 3 is 2.25 bits per heavy atom. The van der Waals surface area contributed by atoms with Crippen LogP contribution in [0.1, 0.15) is 12.5 Å². The summed E-state index contributed by atoms with van der Waals surface area (Å²) in [6.45, 7) is 2.62. The van der Waals surface area contributed by atoms with Gasteiger partial charge in [0.15, 0.2) is 17.4 Å². The molecule has 0 bridgehead atoms. The molecule has 2 aromatic rings. The highest BCUT2D eigenvalue weighted by Crippen LogP contribution is 2.24. The van der Waals surface area contributed by atoms with Crippen molar-refractivity contribution >= 4 is 5.69 Å². The quantitative estimate of drug-likeness (QED) is 0.920. The van der Waals surface area contributed by atoms with Crippen LogP contribution in [-0.2, 0) is 6.54 Å². The van der Waals surface area contributed by atoms with Gasteiger partial charge in [0, 0.05) is 18.8 Å². The van der Waals surface area contributed by atoms with Crippen LogP contribution in [0.3, 0.4) is 0 Å². The first-order valence-electron chi connectivity index (χ1n) is 6.18. The molecule has 0 saturated heterocycles. The zero-order valence-corrected chi connectivity index (χ0v) is 10.9. The van der Waals surface area contributed by atoms with Gasteiger partial charge in [0.25, 0.3) is 0 Å². The Balaban J connectivity index is 2.27. The van der Waals surface area contributed by atoms with E-state index in [0.29, 0.717) is 17.8 Å². The lowest BCUT2D eigenvalue weighted by Crippen LogP contribution is -2.22. The molecule has 0 atom stereocenters. The summed E-state index contributed by atoms with van der Waals surface area (Å²) >= 11 is 0. The predicted octanol–water partition coefficient (Wildman–Crippen LogP) is 3.84. The molecule has 2 aromatic carbocycles. The molecule has 20 heavy (non-hydrogen) atoms. The van der Waals surface area contributed by atoms with Gasteiger partial charge in [-0.1, -0.05) is 6.07 Å². The molecule has 0 aromatic heterocycles. The van der Waals surface area contributed by atoms with Crippen LogP contribution >= 0.6 is 0 Å². The molecule has 0 heterocycles. The van der Waals surface area contributed by atoms with E-state index in [9.17, 15) is 13.2 Å². The number of rotatable bonds is 4. The second-order valence-electron chi connectivity index (χ2n) is 4.40. The molecule has 0 fully saturated rings. The van der Waals surface area contributed by atoms with Crippen LogP contribution < -0.4 is 4.90 Å². The number of phenolic OH excluding ortho intramolecular Hbond substituents is 1. The highest BCUT2D eigenvalue weighted by Gasteiger charge is 2.12. The van der Waals surface area contributed by atoms with E-state index in [1.165, 1.54) is 12.1 Å². The van der Waals surface area contributed by atoms with Crippen molar-refractivity contribution in [2.45, 2.75) is 13.5 Å². The van der Waals surface area contributed by atoms with Gasteiger partial charge < -0.3 is 10.0 Å².